The predicted octanol–water partition coefficient (Wildman–Crippen LogP) is 1.57. The highest BCUT2D eigenvalue weighted by atomic mass is 16.6. The fourth-order valence-corrected chi connectivity index (χ4v) is 3.05. The highest BCUT2D eigenvalue weighted by Crippen LogP contribution is 2.39. The van der Waals surface area contributed by atoms with Gasteiger partial charge in [-0.1, -0.05) is 19.6 Å². The third-order valence-corrected chi connectivity index (χ3v) is 4.13. The van der Waals surface area contributed by atoms with E-state index in [1.54, 1.807) is 6.92 Å². The Morgan fingerprint density at radius 2 is 2.21 bits per heavy atom. The van der Waals surface area contributed by atoms with E-state index in [1.165, 1.54) is 0 Å². The van der Waals surface area contributed by atoms with Crippen LogP contribution in [-0.2, 0) is 9.53 Å². The molecule has 2 N–H and O–H groups in total. The van der Waals surface area contributed by atoms with E-state index >= 15 is 0 Å². The number of hydrogen-bond acceptors (Lipinski definition) is 4. The van der Waals surface area contributed by atoms with E-state index < -0.39 is 12.2 Å². The van der Waals surface area contributed by atoms with E-state index in [1.807, 2.05) is 13.0 Å². The predicted molar refractivity (Wildman–Crippen MR) is 71.3 cm³/mol. The first-order valence-electron chi connectivity index (χ1n) is 6.86. The molecule has 4 nitrogen and oxygen atoms in total. The van der Waals surface area contributed by atoms with Crippen molar-refractivity contribution < 1.29 is 19.7 Å². The van der Waals surface area contributed by atoms with Crippen LogP contribution in [0, 0.1) is 11.8 Å². The van der Waals surface area contributed by atoms with Crippen LogP contribution >= 0.6 is 0 Å². The van der Waals surface area contributed by atoms with Crippen molar-refractivity contribution in [3.05, 3.63) is 23.8 Å². The second kappa shape index (κ2) is 5.47. The lowest BCUT2D eigenvalue weighted by molar-refractivity contribution is -0.139. The largest absolute Gasteiger partial charge is 0.458 e. The van der Waals surface area contributed by atoms with Crippen molar-refractivity contribution in [2.45, 2.75) is 51.4 Å². The number of allylic oxidation sites excluding steroid dienone is 1. The van der Waals surface area contributed by atoms with Crippen molar-refractivity contribution in [2.24, 2.45) is 11.8 Å². The van der Waals surface area contributed by atoms with Crippen LogP contribution in [0.5, 0.6) is 0 Å². The average Bonchev–Trinajstić information content (AvgIpc) is 2.47. The Hall–Kier alpha value is -1.13. The van der Waals surface area contributed by atoms with Gasteiger partial charge in [0.15, 0.2) is 0 Å². The molecule has 0 aromatic carbocycles. The molecule has 4 heteroatoms. The molecule has 0 bridgehead atoms. The third kappa shape index (κ3) is 2.90. The summed E-state index contributed by atoms with van der Waals surface area (Å²) in [6.45, 7) is 7.49. The molecule has 0 spiro atoms. The first-order valence-corrected chi connectivity index (χ1v) is 6.86. The van der Waals surface area contributed by atoms with Gasteiger partial charge in [0.1, 0.15) is 6.10 Å². The van der Waals surface area contributed by atoms with Crippen LogP contribution in [0.1, 0.15) is 33.1 Å². The second-order valence-electron chi connectivity index (χ2n) is 5.75. The van der Waals surface area contributed by atoms with E-state index in [-0.39, 0.29) is 23.9 Å². The lowest BCUT2D eigenvalue weighted by Crippen LogP contribution is -2.23. The number of carbonyl (C=O) groups is 1. The molecule has 0 aromatic rings. The molecular formula is C15H22O4. The Kier molecular flexibility index (Phi) is 4.11. The van der Waals surface area contributed by atoms with E-state index in [2.05, 4.69) is 6.58 Å². The summed E-state index contributed by atoms with van der Waals surface area (Å²) in [7, 11) is 0. The SMILES string of the molecule is C=C1C(=O)O[C@H]2C[C@H](C)C([C@H](O)C[C@@H](C)O)=CC[C@@H]12. The number of fused-ring (bicyclic) bond motifs is 1. The second-order valence-corrected chi connectivity index (χ2v) is 5.75. The number of hydrogen-bond donors (Lipinski definition) is 2. The maximum Gasteiger partial charge on any atom is 0.334 e. The van der Waals surface area contributed by atoms with Crippen LogP contribution in [0.4, 0.5) is 0 Å². The molecule has 0 amide bonds. The molecule has 0 radical (unpaired) electrons. The molecule has 2 aliphatic rings. The minimum absolute atomic E-state index is 0.0335. The number of rotatable bonds is 3. The fraction of sp³-hybridized carbons (Fsp3) is 0.667. The van der Waals surface area contributed by atoms with Crippen molar-refractivity contribution >= 4 is 5.97 Å². The zero-order chi connectivity index (χ0) is 14.2. The molecule has 1 heterocycles. The molecule has 1 fully saturated rings. The fourth-order valence-electron chi connectivity index (χ4n) is 3.05. The van der Waals surface area contributed by atoms with E-state index in [9.17, 15) is 15.0 Å². The Labute approximate surface area is 113 Å². The van der Waals surface area contributed by atoms with E-state index in [4.69, 9.17) is 4.74 Å². The summed E-state index contributed by atoms with van der Waals surface area (Å²) < 4.78 is 5.33. The van der Waals surface area contributed by atoms with E-state index in [0.717, 1.165) is 5.57 Å². The number of esters is 1. The summed E-state index contributed by atoms with van der Waals surface area (Å²) in [4.78, 5) is 11.5. The van der Waals surface area contributed by atoms with Gasteiger partial charge in [0.25, 0.3) is 0 Å². The van der Waals surface area contributed by atoms with Gasteiger partial charge in [0, 0.05) is 17.9 Å². The van der Waals surface area contributed by atoms with Crippen LogP contribution in [0.2, 0.25) is 0 Å². The van der Waals surface area contributed by atoms with E-state index in [0.29, 0.717) is 24.8 Å². The first-order chi connectivity index (χ1) is 8.90. The summed E-state index contributed by atoms with van der Waals surface area (Å²) in [5.74, 6) is -0.114. The minimum Gasteiger partial charge on any atom is -0.458 e. The van der Waals surface area contributed by atoms with Gasteiger partial charge in [-0.25, -0.2) is 4.79 Å². The lowest BCUT2D eigenvalue weighted by Gasteiger charge is -2.22. The number of aliphatic hydroxyl groups is 2. The molecule has 1 aliphatic carbocycles. The van der Waals surface area contributed by atoms with Crippen LogP contribution in [-0.4, -0.2) is 34.5 Å². The maximum absolute atomic E-state index is 11.5. The van der Waals surface area contributed by atoms with Gasteiger partial charge in [-0.3, -0.25) is 0 Å². The summed E-state index contributed by atoms with van der Waals surface area (Å²) >= 11 is 0. The number of aliphatic hydroxyl groups excluding tert-OH is 2. The Morgan fingerprint density at radius 3 is 2.84 bits per heavy atom. The molecule has 0 saturated carbocycles. The van der Waals surface area contributed by atoms with Gasteiger partial charge in [-0.05, 0) is 31.3 Å². The molecule has 0 aromatic heterocycles. The van der Waals surface area contributed by atoms with Gasteiger partial charge in [-0.15, -0.1) is 0 Å². The summed E-state index contributed by atoms with van der Waals surface area (Å²) in [5.41, 5.74) is 1.49. The number of carbonyl (C=O) groups excluding carboxylic acids is 1. The quantitative estimate of drug-likeness (QED) is 0.462. The zero-order valence-corrected chi connectivity index (χ0v) is 11.5. The molecule has 5 atom stereocenters. The smallest absolute Gasteiger partial charge is 0.334 e. The van der Waals surface area contributed by atoms with Crippen LogP contribution in [0.15, 0.2) is 23.8 Å². The standard InChI is InChI=1S/C15H22O4/c1-8-6-14-12(10(3)15(18)19-14)5-4-11(8)13(17)7-9(2)16/h4,8-9,12-14,16-17H,3,5-7H2,1-2H3/t8-,9+,12-,13+,14-/m0/s1. The molecular weight excluding hydrogens is 244 g/mol. The highest BCUT2D eigenvalue weighted by Gasteiger charge is 2.41. The summed E-state index contributed by atoms with van der Waals surface area (Å²) in [6.07, 6.45) is 2.44. The van der Waals surface area contributed by atoms with Gasteiger partial charge in [0.2, 0.25) is 0 Å². The van der Waals surface area contributed by atoms with Crippen molar-refractivity contribution in [3.8, 4) is 0 Å². The maximum atomic E-state index is 11.5. The van der Waals surface area contributed by atoms with Gasteiger partial charge < -0.3 is 14.9 Å². The zero-order valence-electron chi connectivity index (χ0n) is 11.5. The average molecular weight is 266 g/mol. The van der Waals surface area contributed by atoms with Gasteiger partial charge >= 0.3 is 5.97 Å². The van der Waals surface area contributed by atoms with Crippen LogP contribution in [0.3, 0.4) is 0 Å². The van der Waals surface area contributed by atoms with Crippen molar-refractivity contribution in [1.82, 2.24) is 0 Å². The van der Waals surface area contributed by atoms with Crippen molar-refractivity contribution in [3.63, 3.8) is 0 Å². The monoisotopic (exact) mass is 266 g/mol. The number of ether oxygens (including phenoxy) is 1. The van der Waals surface area contributed by atoms with Gasteiger partial charge in [0.05, 0.1) is 12.2 Å². The Bertz CT molecular complexity index is 410. The van der Waals surface area contributed by atoms with Crippen LogP contribution in [0.25, 0.3) is 0 Å². The molecule has 2 rings (SSSR count). The Balaban J connectivity index is 2.13. The third-order valence-electron chi connectivity index (χ3n) is 4.13. The normalized spacial score (nSPS) is 34.1. The van der Waals surface area contributed by atoms with Crippen molar-refractivity contribution in [2.75, 3.05) is 0 Å². The summed E-state index contributed by atoms with van der Waals surface area (Å²) in [6, 6.07) is 0. The molecule has 1 saturated heterocycles. The molecule has 19 heavy (non-hydrogen) atoms. The van der Waals surface area contributed by atoms with Gasteiger partial charge in [-0.2, -0.15) is 0 Å². The topological polar surface area (TPSA) is 66.8 Å². The first kappa shape index (κ1) is 14.3. The molecule has 1 aliphatic heterocycles. The van der Waals surface area contributed by atoms with Crippen molar-refractivity contribution in [1.29, 1.82) is 0 Å². The molecule has 0 unspecified atom stereocenters. The molecule has 106 valence electrons. The Morgan fingerprint density at radius 1 is 1.53 bits per heavy atom. The highest BCUT2D eigenvalue weighted by molar-refractivity contribution is 5.90. The lowest BCUT2D eigenvalue weighted by atomic mass is 9.89. The minimum atomic E-state index is -0.627. The van der Waals surface area contributed by atoms with Crippen LogP contribution < -0.4 is 0 Å². The summed E-state index contributed by atoms with van der Waals surface area (Å²) in [5, 5.41) is 19.5.